The van der Waals surface area contributed by atoms with E-state index in [4.69, 9.17) is 0 Å². The van der Waals surface area contributed by atoms with Gasteiger partial charge in [0.05, 0.1) is 0 Å². The molecule has 0 aromatic heterocycles. The van der Waals surface area contributed by atoms with Crippen molar-refractivity contribution in [2.75, 3.05) is 0 Å². The molecule has 0 aliphatic heterocycles. The third-order valence-corrected chi connectivity index (χ3v) is 51.6. The Balaban J connectivity index is 5.73. The summed E-state index contributed by atoms with van der Waals surface area (Å²) in [5.74, 6) is -0.415. The number of carbonyl (C=O) groups is 1. The van der Waals surface area contributed by atoms with Crippen molar-refractivity contribution in [2.45, 2.75) is 73.4 Å². The van der Waals surface area contributed by atoms with Crippen molar-refractivity contribution in [3.8, 4) is 0 Å². The van der Waals surface area contributed by atoms with Gasteiger partial charge >= 0.3 is 121 Å². The molecule has 1 atom stereocenters. The van der Waals surface area contributed by atoms with E-state index in [-0.39, 0.29) is 2.77 Å². The quantitative estimate of drug-likeness (QED) is 0.530. The van der Waals surface area contributed by atoms with Crippen molar-refractivity contribution < 1.29 is 9.90 Å². The van der Waals surface area contributed by atoms with Crippen molar-refractivity contribution in [3.05, 3.63) is 0 Å². The summed E-state index contributed by atoms with van der Waals surface area (Å²) in [6.45, 7) is 13.6. The van der Waals surface area contributed by atoms with Gasteiger partial charge in [0.25, 0.3) is 0 Å². The van der Waals surface area contributed by atoms with Crippen LogP contribution in [0.25, 0.3) is 0 Å². The van der Waals surface area contributed by atoms with E-state index in [1.807, 2.05) is 0 Å². The van der Waals surface area contributed by atoms with Crippen LogP contribution in [0, 0.1) is 0 Å². The second-order valence-electron chi connectivity index (χ2n) is 5.62. The molecule has 0 aliphatic carbocycles. The Morgan fingerprint density at radius 1 is 0.944 bits per heavy atom. The third-order valence-electron chi connectivity index (χ3n) is 5.70. The third kappa shape index (κ3) is 3.47. The first-order chi connectivity index (χ1) is 8.43. The van der Waals surface area contributed by atoms with E-state index < -0.39 is 37.6 Å². The normalized spacial score (nSPS) is 14.6. The number of aliphatic carboxylic acids is 1. The minimum absolute atomic E-state index is 0.180. The number of hydrogen-bond acceptors (Lipinski definition) is 1. The molecular formula is C14H32GeO2Sn. The fourth-order valence-electron chi connectivity index (χ4n) is 3.90. The summed E-state index contributed by atoms with van der Waals surface area (Å²) >= 11 is -4.67. The Kier molecular flexibility index (Phi) is 8.55. The zero-order chi connectivity index (χ0) is 14.4. The summed E-state index contributed by atoms with van der Waals surface area (Å²) in [6.07, 6.45) is 0. The molecule has 0 radical (unpaired) electrons. The average Bonchev–Trinajstić information content (AvgIpc) is 2.40. The molecule has 0 saturated carbocycles. The van der Waals surface area contributed by atoms with Crippen molar-refractivity contribution >= 4 is 37.6 Å². The monoisotopic (exact) mass is 426 g/mol. The molecule has 0 heterocycles. The standard InChI is InChI=1S/C8H17GeO2.3C2H5.Sn/c1-4-9(5-2,6-3)7-8(10)11;3*1-2;/h7H,4-6H2,1-3H3,(H,10,11);3*1H2,2H3;. The van der Waals surface area contributed by atoms with Crippen LogP contribution in [0.5, 0.6) is 0 Å². The van der Waals surface area contributed by atoms with Crippen LogP contribution < -0.4 is 0 Å². The molecule has 2 nitrogen and oxygen atoms in total. The molecule has 0 bridgehead atoms. The Morgan fingerprint density at radius 3 is 1.44 bits per heavy atom. The second kappa shape index (κ2) is 8.18. The minimum atomic E-state index is -2.47. The molecule has 1 N–H and O–H groups in total. The molecule has 0 spiro atoms. The molecule has 1 unspecified atom stereocenters. The summed E-state index contributed by atoms with van der Waals surface area (Å²) in [4.78, 5) is 12.0. The van der Waals surface area contributed by atoms with Gasteiger partial charge < -0.3 is 0 Å². The molecule has 4 heteroatoms. The molecule has 0 aliphatic rings. The molecular weight excluding hydrogens is 391 g/mol. The SMILES string of the molecule is C[CH2][Ge]([CH2]C)([CH2]C)[CH](C(=O)O)[Sn]([CH2]C)([CH2]C)[CH2]C. The van der Waals surface area contributed by atoms with E-state index in [0.29, 0.717) is 0 Å². The van der Waals surface area contributed by atoms with Crippen LogP contribution in [-0.4, -0.2) is 42.7 Å². The second-order valence-corrected chi connectivity index (χ2v) is 35.9. The van der Waals surface area contributed by atoms with E-state index in [1.165, 1.54) is 29.1 Å². The predicted octanol–water partition coefficient (Wildman–Crippen LogP) is 5.00. The fraction of sp³-hybridized carbons (Fsp3) is 0.929. The van der Waals surface area contributed by atoms with Crippen LogP contribution in [0.4, 0.5) is 0 Å². The van der Waals surface area contributed by atoms with Crippen molar-refractivity contribution in [1.82, 2.24) is 0 Å². The van der Waals surface area contributed by atoms with E-state index >= 15 is 0 Å². The average molecular weight is 424 g/mol. The van der Waals surface area contributed by atoms with Gasteiger partial charge in [-0.15, -0.1) is 0 Å². The van der Waals surface area contributed by atoms with Crippen LogP contribution >= 0.6 is 0 Å². The van der Waals surface area contributed by atoms with Gasteiger partial charge in [-0.05, 0) is 0 Å². The number of rotatable bonds is 9. The van der Waals surface area contributed by atoms with Gasteiger partial charge in [-0.3, -0.25) is 0 Å². The van der Waals surface area contributed by atoms with Crippen molar-refractivity contribution in [3.63, 3.8) is 0 Å². The number of carboxylic acid groups (broad SMARTS) is 1. The van der Waals surface area contributed by atoms with E-state index in [0.717, 1.165) is 0 Å². The summed E-state index contributed by atoms with van der Waals surface area (Å²) in [7, 11) is 0. The van der Waals surface area contributed by atoms with Crippen LogP contribution in [0.3, 0.4) is 0 Å². The zero-order valence-electron chi connectivity index (χ0n) is 13.2. The van der Waals surface area contributed by atoms with Gasteiger partial charge in [-0.1, -0.05) is 0 Å². The summed E-state index contributed by atoms with van der Waals surface area (Å²) in [6, 6.07) is 0. The van der Waals surface area contributed by atoms with Gasteiger partial charge in [0.2, 0.25) is 0 Å². The number of carboxylic acids is 1. The Morgan fingerprint density at radius 2 is 1.28 bits per heavy atom. The summed E-state index contributed by atoms with van der Waals surface area (Å²) < 4.78 is 3.82. The van der Waals surface area contributed by atoms with Crippen LogP contribution in [-0.2, 0) is 4.79 Å². The molecule has 0 saturated heterocycles. The summed E-state index contributed by atoms with van der Waals surface area (Å²) in [5.41, 5.74) is 0. The first-order valence-electron chi connectivity index (χ1n) is 7.66. The fourth-order valence-corrected chi connectivity index (χ4v) is 59.7. The van der Waals surface area contributed by atoms with Gasteiger partial charge in [0.15, 0.2) is 0 Å². The number of hydrogen-bond donors (Lipinski definition) is 1. The molecule has 0 rings (SSSR count). The van der Waals surface area contributed by atoms with Crippen LogP contribution in [0.15, 0.2) is 0 Å². The van der Waals surface area contributed by atoms with Crippen molar-refractivity contribution in [2.24, 2.45) is 0 Å². The van der Waals surface area contributed by atoms with Gasteiger partial charge in [-0.2, -0.15) is 0 Å². The first-order valence-corrected chi connectivity index (χ1v) is 21.0. The maximum absolute atomic E-state index is 12.0. The topological polar surface area (TPSA) is 37.3 Å². The zero-order valence-corrected chi connectivity index (χ0v) is 18.1. The molecule has 108 valence electrons. The summed E-state index contributed by atoms with van der Waals surface area (Å²) in [5, 5.41) is 13.5. The molecule has 18 heavy (non-hydrogen) atoms. The van der Waals surface area contributed by atoms with Crippen molar-refractivity contribution in [1.29, 1.82) is 0 Å². The Labute approximate surface area is 120 Å². The maximum atomic E-state index is 12.0. The Hall–Kier alpha value is 0.812. The Bertz CT molecular complexity index is 224. The van der Waals surface area contributed by atoms with Gasteiger partial charge in [0.1, 0.15) is 0 Å². The van der Waals surface area contributed by atoms with Crippen LogP contribution in [0.1, 0.15) is 41.5 Å². The van der Waals surface area contributed by atoms with Gasteiger partial charge in [-0.25, -0.2) is 0 Å². The van der Waals surface area contributed by atoms with E-state index in [9.17, 15) is 9.90 Å². The molecule has 0 amide bonds. The predicted molar refractivity (Wildman–Crippen MR) is 85.8 cm³/mol. The molecule has 0 aromatic carbocycles. The van der Waals surface area contributed by atoms with Gasteiger partial charge in [0, 0.05) is 0 Å². The molecule has 0 aromatic rings. The molecule has 0 fully saturated rings. The first kappa shape index (κ1) is 18.8. The van der Waals surface area contributed by atoms with Crippen LogP contribution in [0.2, 0.25) is 31.8 Å². The van der Waals surface area contributed by atoms with E-state index in [1.54, 1.807) is 0 Å². The van der Waals surface area contributed by atoms with E-state index in [2.05, 4.69) is 41.5 Å².